The molecule has 0 N–H and O–H groups in total. The molecule has 382 valence electrons. The van der Waals surface area contributed by atoms with Crippen molar-refractivity contribution in [1.29, 1.82) is 0 Å². The van der Waals surface area contributed by atoms with Crippen LogP contribution < -0.4 is 0 Å². The van der Waals surface area contributed by atoms with Crippen LogP contribution in [0, 0.1) is 23.5 Å². The molecule has 9 rings (SSSR count). The van der Waals surface area contributed by atoms with Crippen LogP contribution >= 0.6 is 101 Å². The van der Waals surface area contributed by atoms with Crippen molar-refractivity contribution in [2.45, 2.75) is 170 Å². The number of nitrogens with zero attached hydrogens (tertiary/aromatic N) is 4. The van der Waals surface area contributed by atoms with Crippen LogP contribution in [0.4, 0.5) is 8.78 Å². The van der Waals surface area contributed by atoms with Gasteiger partial charge < -0.3 is 0 Å². The Bertz CT molecular complexity index is 3020. The molecular formula is C58H66Br2F2N4S6. The summed E-state index contributed by atoms with van der Waals surface area (Å²) in [5, 5.41) is 2.34. The van der Waals surface area contributed by atoms with Gasteiger partial charge >= 0.3 is 0 Å². The van der Waals surface area contributed by atoms with Crippen molar-refractivity contribution in [2.24, 2.45) is 11.8 Å². The number of unbranched alkanes of at least 4 members (excludes halogenated alkanes) is 8. The number of aryl methyl sites for hydroxylation is 2. The Labute approximate surface area is 466 Å². The highest BCUT2D eigenvalue weighted by atomic mass is 79.9. The summed E-state index contributed by atoms with van der Waals surface area (Å²) in [6, 6.07) is 13.0. The first kappa shape index (κ1) is 54.2. The lowest BCUT2D eigenvalue weighted by atomic mass is 9.92. The number of aromatic nitrogens is 4. The van der Waals surface area contributed by atoms with E-state index in [1.807, 2.05) is 22.7 Å². The molecule has 0 aliphatic rings. The second-order valence-corrected chi connectivity index (χ2v) is 26.8. The van der Waals surface area contributed by atoms with E-state index in [-0.39, 0.29) is 11.6 Å². The maximum absolute atomic E-state index is 16.0. The highest BCUT2D eigenvalue weighted by Crippen LogP contribution is 2.56. The van der Waals surface area contributed by atoms with Crippen LogP contribution in [0.5, 0.6) is 0 Å². The number of thiophene rings is 4. The Morgan fingerprint density at radius 1 is 0.458 bits per heavy atom. The van der Waals surface area contributed by atoms with E-state index >= 15 is 8.78 Å². The number of rotatable bonds is 26. The van der Waals surface area contributed by atoms with E-state index < -0.39 is 0 Å². The molecule has 0 fully saturated rings. The van der Waals surface area contributed by atoms with Crippen LogP contribution in [-0.4, -0.2) is 17.5 Å². The third-order valence-electron chi connectivity index (χ3n) is 14.8. The molecule has 6 aromatic heterocycles. The van der Waals surface area contributed by atoms with Crippen molar-refractivity contribution in [3.63, 3.8) is 0 Å². The van der Waals surface area contributed by atoms with Gasteiger partial charge in [-0.1, -0.05) is 131 Å². The molecule has 2 atom stereocenters. The van der Waals surface area contributed by atoms with E-state index in [1.54, 1.807) is 34.8 Å². The predicted octanol–water partition coefficient (Wildman–Crippen LogP) is 22.5. The van der Waals surface area contributed by atoms with Gasteiger partial charge in [0.25, 0.3) is 0 Å². The molecule has 0 saturated heterocycles. The number of hydrogen-bond acceptors (Lipinski definition) is 10. The number of fused-ring (bicyclic) bond motifs is 4. The zero-order chi connectivity index (χ0) is 50.5. The molecule has 9 aromatic rings. The minimum Gasteiger partial charge on any atom is -0.206 e. The zero-order valence-corrected chi connectivity index (χ0v) is 50.6. The molecule has 2 unspecified atom stereocenters. The van der Waals surface area contributed by atoms with Crippen molar-refractivity contribution in [3.8, 4) is 41.8 Å². The molecule has 14 heteroatoms. The van der Waals surface area contributed by atoms with Crippen LogP contribution in [0.25, 0.3) is 84.0 Å². The molecular weight excluding hydrogens is 1140 g/mol. The zero-order valence-electron chi connectivity index (χ0n) is 42.5. The Balaban J connectivity index is 1.36. The van der Waals surface area contributed by atoms with E-state index in [1.165, 1.54) is 165 Å². The van der Waals surface area contributed by atoms with Gasteiger partial charge in [0.2, 0.25) is 0 Å². The van der Waals surface area contributed by atoms with Crippen LogP contribution in [0.1, 0.15) is 165 Å². The molecule has 0 amide bonds. The van der Waals surface area contributed by atoms with Crippen molar-refractivity contribution in [2.75, 3.05) is 0 Å². The maximum Gasteiger partial charge on any atom is 0.140 e. The molecule has 3 aromatic carbocycles. The van der Waals surface area contributed by atoms with Gasteiger partial charge in [0.15, 0.2) is 0 Å². The quantitative estimate of drug-likeness (QED) is 0.0507. The summed E-state index contributed by atoms with van der Waals surface area (Å²) in [5.74, 6) is 0.588. The molecule has 0 aliphatic carbocycles. The highest BCUT2D eigenvalue weighted by molar-refractivity contribution is 9.11. The number of hydrogen-bond donors (Lipinski definition) is 0. The van der Waals surface area contributed by atoms with Gasteiger partial charge in [0.1, 0.15) is 33.7 Å². The summed E-state index contributed by atoms with van der Waals surface area (Å²) in [7, 11) is 0. The Kier molecular flexibility index (Phi) is 18.9. The number of halogens is 4. The minimum absolute atomic E-state index is 0.341. The average Bonchev–Trinajstić information content (AvgIpc) is 4.26. The SMILES string of the molecule is CCCCCCc1cc(-c2c3cc(-c4cc(F)c(Br)c5nsnc45)sc3c(-c3cc(CCCCCC)c(CC(CC)CCCC)s3)c3cc(-c4cc(F)c(Br)c5nsnc45)sc23)sc1CC(CC)CCCC. The minimum atomic E-state index is -0.341. The Morgan fingerprint density at radius 3 is 1.25 bits per heavy atom. The van der Waals surface area contributed by atoms with Gasteiger partial charge in [-0.05, 0) is 130 Å². The second kappa shape index (κ2) is 25.1. The van der Waals surface area contributed by atoms with Gasteiger partial charge in [0.05, 0.1) is 32.4 Å². The van der Waals surface area contributed by atoms with Crippen molar-refractivity contribution >= 4 is 143 Å². The molecule has 4 nitrogen and oxygen atoms in total. The van der Waals surface area contributed by atoms with Crippen molar-refractivity contribution < 1.29 is 8.78 Å². The summed E-state index contributed by atoms with van der Waals surface area (Å²) in [6.07, 6.45) is 23.8. The van der Waals surface area contributed by atoms with Crippen molar-refractivity contribution in [3.05, 3.63) is 77.9 Å². The molecule has 72 heavy (non-hydrogen) atoms. The Morgan fingerprint density at radius 2 is 0.861 bits per heavy atom. The highest BCUT2D eigenvalue weighted by Gasteiger charge is 2.29. The first-order chi connectivity index (χ1) is 35.1. The van der Waals surface area contributed by atoms with Gasteiger partial charge in [0, 0.05) is 71.7 Å². The van der Waals surface area contributed by atoms with Crippen LogP contribution in [-0.2, 0) is 25.7 Å². The number of benzene rings is 3. The normalized spacial score (nSPS) is 13.0. The Hall–Kier alpha value is -2.56. The van der Waals surface area contributed by atoms with E-state index in [0.717, 1.165) is 70.0 Å². The first-order valence-electron chi connectivity index (χ1n) is 26.6. The fourth-order valence-corrected chi connectivity index (χ4v) is 18.1. The summed E-state index contributed by atoms with van der Waals surface area (Å²) >= 11 is 16.7. The standard InChI is InChI=1S/C58H66Br2F2N4S6/c1-7-13-17-19-23-35-27-47(67-43(35)25-33(11-5)21-15-9-3)49-39-31-45(37-29-41(61)51(59)55-53(37)63-71-65-55)70-58(39)50(40-32-46(69-57(40)49)38-30-42(62)52(60)56-54(38)64-72-66-56)48-28-36(24-20-18-14-8-2)44(68-48)26-34(12-6)22-16-10-4/h27-34H,7-26H2,1-6H3. The van der Waals surface area contributed by atoms with Crippen molar-refractivity contribution in [1.82, 2.24) is 17.5 Å². The van der Waals surface area contributed by atoms with E-state index in [4.69, 9.17) is 8.75 Å². The fraction of sp³-hybridized carbons (Fsp3) is 0.483. The summed E-state index contributed by atoms with van der Waals surface area (Å²) < 4.78 is 53.8. The molecule has 6 heterocycles. The van der Waals surface area contributed by atoms with Crippen LogP contribution in [0.15, 0.2) is 45.3 Å². The van der Waals surface area contributed by atoms with Crippen LogP contribution in [0.2, 0.25) is 0 Å². The van der Waals surface area contributed by atoms with Crippen LogP contribution in [0.3, 0.4) is 0 Å². The molecule has 0 aliphatic heterocycles. The third kappa shape index (κ3) is 11.4. The summed E-state index contributed by atoms with van der Waals surface area (Å²) in [4.78, 5) is 7.53. The first-order valence-corrected chi connectivity index (χ1v) is 32.9. The third-order valence-corrected chi connectivity index (χ3v) is 22.1. The largest absolute Gasteiger partial charge is 0.206 e. The van der Waals surface area contributed by atoms with Gasteiger partial charge in [-0.25, -0.2) is 8.78 Å². The monoisotopic (exact) mass is 1210 g/mol. The molecule has 0 saturated carbocycles. The lowest BCUT2D eigenvalue weighted by Gasteiger charge is -2.14. The lowest BCUT2D eigenvalue weighted by Crippen LogP contribution is -2.04. The van der Waals surface area contributed by atoms with E-state index in [2.05, 4.69) is 106 Å². The lowest BCUT2D eigenvalue weighted by molar-refractivity contribution is 0.450. The molecule has 0 bridgehead atoms. The molecule has 0 spiro atoms. The van der Waals surface area contributed by atoms with Gasteiger partial charge in [-0.3, -0.25) is 0 Å². The second-order valence-electron chi connectivity index (χ2n) is 19.8. The van der Waals surface area contributed by atoms with Gasteiger partial charge in [-0.2, -0.15) is 17.5 Å². The van der Waals surface area contributed by atoms with Gasteiger partial charge in [-0.15, -0.1) is 45.3 Å². The maximum atomic E-state index is 16.0. The smallest absolute Gasteiger partial charge is 0.140 e. The molecule has 0 radical (unpaired) electrons. The summed E-state index contributed by atoms with van der Waals surface area (Å²) in [6.45, 7) is 13.9. The topological polar surface area (TPSA) is 51.6 Å². The average molecular weight is 1210 g/mol. The summed E-state index contributed by atoms with van der Waals surface area (Å²) in [5.41, 5.74) is 9.45. The predicted molar refractivity (Wildman–Crippen MR) is 322 cm³/mol. The fourth-order valence-electron chi connectivity index (χ4n) is 10.5. The van der Waals surface area contributed by atoms with E-state index in [9.17, 15) is 0 Å². The van der Waals surface area contributed by atoms with E-state index in [0.29, 0.717) is 42.8 Å².